The first kappa shape index (κ1) is 13.6. The SMILES string of the molecule is [N-]=[N+]=NCC(=O)N1CC(CO)C(C(F)(F)F)C1. The summed E-state index contributed by atoms with van der Waals surface area (Å²) < 4.78 is 37.7. The minimum Gasteiger partial charge on any atom is -0.396 e. The zero-order chi connectivity index (χ0) is 13.1. The zero-order valence-corrected chi connectivity index (χ0v) is 8.76. The van der Waals surface area contributed by atoms with E-state index in [0.29, 0.717) is 0 Å². The number of rotatable bonds is 3. The Hall–Kier alpha value is -1.47. The molecule has 0 aliphatic carbocycles. The zero-order valence-electron chi connectivity index (χ0n) is 8.76. The molecule has 0 saturated carbocycles. The minimum absolute atomic E-state index is 0.166. The van der Waals surface area contributed by atoms with Gasteiger partial charge in [0.25, 0.3) is 0 Å². The molecule has 0 radical (unpaired) electrons. The van der Waals surface area contributed by atoms with Gasteiger partial charge in [-0.25, -0.2) is 0 Å². The summed E-state index contributed by atoms with van der Waals surface area (Å²) in [6, 6.07) is 0. The maximum Gasteiger partial charge on any atom is 0.393 e. The molecule has 1 rings (SSSR count). The predicted molar refractivity (Wildman–Crippen MR) is 50.7 cm³/mol. The van der Waals surface area contributed by atoms with Crippen molar-refractivity contribution in [3.8, 4) is 0 Å². The van der Waals surface area contributed by atoms with Crippen molar-refractivity contribution in [2.75, 3.05) is 26.2 Å². The van der Waals surface area contributed by atoms with E-state index in [4.69, 9.17) is 10.6 Å². The lowest BCUT2D eigenvalue weighted by atomic mass is 9.97. The molecule has 1 amide bonds. The Bertz CT molecular complexity index is 340. The van der Waals surface area contributed by atoms with Crippen LogP contribution in [0.3, 0.4) is 0 Å². The van der Waals surface area contributed by atoms with Gasteiger partial charge in [-0.3, -0.25) is 4.79 Å². The van der Waals surface area contributed by atoms with Crippen LogP contribution in [0.4, 0.5) is 13.2 Å². The normalized spacial score (nSPS) is 24.6. The molecule has 0 bridgehead atoms. The number of hydrogen-bond acceptors (Lipinski definition) is 3. The number of amides is 1. The third kappa shape index (κ3) is 3.24. The molecule has 2 atom stereocenters. The Morgan fingerprint density at radius 2 is 2.18 bits per heavy atom. The Labute approximate surface area is 94.6 Å². The van der Waals surface area contributed by atoms with Crippen molar-refractivity contribution >= 4 is 5.91 Å². The van der Waals surface area contributed by atoms with Crippen molar-refractivity contribution in [1.29, 1.82) is 0 Å². The van der Waals surface area contributed by atoms with Crippen molar-refractivity contribution in [3.05, 3.63) is 10.4 Å². The molecule has 0 aromatic rings. The molecule has 9 heteroatoms. The molecule has 1 saturated heterocycles. The van der Waals surface area contributed by atoms with E-state index in [1.54, 1.807) is 0 Å². The van der Waals surface area contributed by atoms with E-state index < -0.39 is 43.6 Å². The number of carbonyl (C=O) groups excluding carboxylic acids is 1. The number of aliphatic hydroxyl groups excluding tert-OH is 1. The number of aliphatic hydroxyl groups is 1. The molecule has 6 nitrogen and oxygen atoms in total. The van der Waals surface area contributed by atoms with Gasteiger partial charge in [0.05, 0.1) is 5.92 Å². The first-order chi connectivity index (χ1) is 7.90. The molecule has 1 aliphatic rings. The molecule has 1 aliphatic heterocycles. The van der Waals surface area contributed by atoms with Gasteiger partial charge >= 0.3 is 6.18 Å². The van der Waals surface area contributed by atoms with Gasteiger partial charge in [-0.1, -0.05) is 5.11 Å². The summed E-state index contributed by atoms with van der Waals surface area (Å²) in [4.78, 5) is 14.7. The van der Waals surface area contributed by atoms with E-state index in [-0.39, 0.29) is 6.54 Å². The van der Waals surface area contributed by atoms with Crippen molar-refractivity contribution < 1.29 is 23.1 Å². The smallest absolute Gasteiger partial charge is 0.393 e. The van der Waals surface area contributed by atoms with Crippen LogP contribution < -0.4 is 0 Å². The second kappa shape index (κ2) is 5.24. The molecular weight excluding hydrogens is 241 g/mol. The van der Waals surface area contributed by atoms with Crippen molar-refractivity contribution in [2.45, 2.75) is 6.18 Å². The summed E-state index contributed by atoms with van der Waals surface area (Å²) in [7, 11) is 0. The highest BCUT2D eigenvalue weighted by molar-refractivity contribution is 5.78. The van der Waals surface area contributed by atoms with E-state index in [2.05, 4.69) is 10.0 Å². The monoisotopic (exact) mass is 252 g/mol. The first-order valence-electron chi connectivity index (χ1n) is 4.86. The van der Waals surface area contributed by atoms with E-state index >= 15 is 0 Å². The highest BCUT2D eigenvalue weighted by Gasteiger charge is 2.50. The van der Waals surface area contributed by atoms with Crippen LogP contribution in [0.5, 0.6) is 0 Å². The second-order valence-corrected chi connectivity index (χ2v) is 3.78. The maximum atomic E-state index is 12.6. The average molecular weight is 252 g/mol. The summed E-state index contributed by atoms with van der Waals surface area (Å²) in [5.41, 5.74) is 8.00. The van der Waals surface area contributed by atoms with Crippen LogP contribution in [0, 0.1) is 11.8 Å². The summed E-state index contributed by atoms with van der Waals surface area (Å²) >= 11 is 0. The lowest BCUT2D eigenvalue weighted by molar-refractivity contribution is -0.183. The van der Waals surface area contributed by atoms with Crippen LogP contribution in [-0.2, 0) is 4.79 Å². The average Bonchev–Trinajstić information content (AvgIpc) is 2.69. The standard InChI is InChI=1S/C8H11F3N4O2/c9-8(10,11)6-3-15(2-5(6)4-16)7(17)1-13-14-12/h5-6,16H,1-4H2. The number of alkyl halides is 3. The second-order valence-electron chi connectivity index (χ2n) is 3.78. The fourth-order valence-electron chi connectivity index (χ4n) is 1.82. The summed E-state index contributed by atoms with van der Waals surface area (Å²) in [5, 5.41) is 11.9. The number of nitrogens with zero attached hydrogens (tertiary/aromatic N) is 4. The fourth-order valence-corrected chi connectivity index (χ4v) is 1.82. The molecule has 1 fully saturated rings. The van der Waals surface area contributed by atoms with Crippen LogP contribution in [0.15, 0.2) is 5.11 Å². The van der Waals surface area contributed by atoms with Crippen LogP contribution >= 0.6 is 0 Å². The van der Waals surface area contributed by atoms with Crippen molar-refractivity contribution in [1.82, 2.24) is 4.90 Å². The van der Waals surface area contributed by atoms with Gasteiger partial charge in [0, 0.05) is 30.5 Å². The molecule has 17 heavy (non-hydrogen) atoms. The lowest BCUT2D eigenvalue weighted by Gasteiger charge is -2.18. The first-order valence-corrected chi connectivity index (χ1v) is 4.86. The van der Waals surface area contributed by atoms with Gasteiger partial charge in [-0.05, 0) is 5.53 Å². The van der Waals surface area contributed by atoms with Crippen molar-refractivity contribution in [3.63, 3.8) is 0 Å². The highest BCUT2D eigenvalue weighted by atomic mass is 19.4. The lowest BCUT2D eigenvalue weighted by Crippen LogP contribution is -2.33. The van der Waals surface area contributed by atoms with Gasteiger partial charge in [0.15, 0.2) is 0 Å². The number of azide groups is 1. The summed E-state index contributed by atoms with van der Waals surface area (Å²) in [6.07, 6.45) is -4.44. The highest BCUT2D eigenvalue weighted by Crippen LogP contribution is 2.37. The minimum atomic E-state index is -4.44. The molecule has 0 aromatic heterocycles. The van der Waals surface area contributed by atoms with E-state index in [9.17, 15) is 18.0 Å². The van der Waals surface area contributed by atoms with Gasteiger partial charge in [-0.2, -0.15) is 13.2 Å². The topological polar surface area (TPSA) is 89.3 Å². The maximum absolute atomic E-state index is 12.6. The molecular formula is C8H11F3N4O2. The quantitative estimate of drug-likeness (QED) is 0.460. The van der Waals surface area contributed by atoms with Crippen LogP contribution in [0.1, 0.15) is 0 Å². The van der Waals surface area contributed by atoms with Gasteiger partial charge in [0.1, 0.15) is 6.54 Å². The molecule has 1 N–H and O–H groups in total. The van der Waals surface area contributed by atoms with Crippen molar-refractivity contribution in [2.24, 2.45) is 17.0 Å². The predicted octanol–water partition coefficient (Wildman–Crippen LogP) is 0.926. The number of carbonyl (C=O) groups is 1. The van der Waals surface area contributed by atoms with Gasteiger partial charge in [-0.15, -0.1) is 0 Å². The van der Waals surface area contributed by atoms with E-state index in [0.717, 1.165) is 4.90 Å². The Balaban J connectivity index is 2.69. The van der Waals surface area contributed by atoms with Gasteiger partial charge in [0.2, 0.25) is 5.91 Å². The number of likely N-dealkylation sites (tertiary alicyclic amines) is 1. The summed E-state index contributed by atoms with van der Waals surface area (Å²) in [6.45, 7) is -1.79. The largest absolute Gasteiger partial charge is 0.396 e. The third-order valence-corrected chi connectivity index (χ3v) is 2.72. The fraction of sp³-hybridized carbons (Fsp3) is 0.875. The Kier molecular flexibility index (Phi) is 4.19. The van der Waals surface area contributed by atoms with Crippen LogP contribution in [0.2, 0.25) is 0 Å². The molecule has 96 valence electrons. The third-order valence-electron chi connectivity index (χ3n) is 2.72. The molecule has 1 heterocycles. The van der Waals surface area contributed by atoms with Crippen LogP contribution in [0.25, 0.3) is 10.4 Å². The summed E-state index contributed by atoms with van der Waals surface area (Å²) in [5.74, 6) is -3.39. The number of hydrogen-bond donors (Lipinski definition) is 1. The number of halogens is 3. The van der Waals surface area contributed by atoms with Crippen LogP contribution in [-0.4, -0.2) is 48.3 Å². The molecule has 0 aromatic carbocycles. The molecule has 2 unspecified atom stereocenters. The van der Waals surface area contributed by atoms with E-state index in [1.807, 2.05) is 0 Å². The molecule has 0 spiro atoms. The van der Waals surface area contributed by atoms with Gasteiger partial charge < -0.3 is 10.0 Å². The van der Waals surface area contributed by atoms with E-state index in [1.165, 1.54) is 0 Å². The Morgan fingerprint density at radius 1 is 1.53 bits per heavy atom. The Morgan fingerprint density at radius 3 is 2.59 bits per heavy atom.